The molecule has 0 saturated heterocycles. The molecule has 0 radical (unpaired) electrons. The minimum Gasteiger partial charge on any atom is -0.354 e. The van der Waals surface area contributed by atoms with Crippen molar-refractivity contribution in [1.82, 2.24) is 25.4 Å². The largest absolute Gasteiger partial charge is 0.354 e. The van der Waals surface area contributed by atoms with Gasteiger partial charge in [0.1, 0.15) is 11.4 Å². The van der Waals surface area contributed by atoms with E-state index in [0.29, 0.717) is 22.8 Å². The van der Waals surface area contributed by atoms with Crippen LogP contribution in [0.5, 0.6) is 0 Å². The average molecular weight is 410 g/mol. The summed E-state index contributed by atoms with van der Waals surface area (Å²) < 4.78 is 5.55. The molecule has 3 heterocycles. The van der Waals surface area contributed by atoms with E-state index in [2.05, 4.69) is 38.6 Å². The van der Waals surface area contributed by atoms with Gasteiger partial charge in [-0.15, -0.1) is 0 Å². The molecule has 7 heteroatoms. The maximum atomic E-state index is 9.40. The van der Waals surface area contributed by atoms with Crippen molar-refractivity contribution in [2.75, 3.05) is 7.05 Å². The fourth-order valence-electron chi connectivity index (χ4n) is 3.14. The van der Waals surface area contributed by atoms with Crippen LogP contribution in [-0.4, -0.2) is 27.2 Å². The molecule has 31 heavy (non-hydrogen) atoms. The summed E-state index contributed by atoms with van der Waals surface area (Å²) in [6, 6.07) is 16.0. The van der Waals surface area contributed by atoms with Crippen LogP contribution in [0, 0.1) is 11.3 Å². The van der Waals surface area contributed by atoms with Crippen LogP contribution in [0.2, 0.25) is 0 Å². The lowest BCUT2D eigenvalue weighted by Gasteiger charge is -2.15. The van der Waals surface area contributed by atoms with Crippen molar-refractivity contribution >= 4 is 0 Å². The van der Waals surface area contributed by atoms with Crippen LogP contribution < -0.4 is 5.32 Å². The van der Waals surface area contributed by atoms with Crippen LogP contribution in [0.4, 0.5) is 0 Å². The lowest BCUT2D eigenvalue weighted by atomic mass is 9.90. The number of nitrogens with zero attached hydrogens (tertiary/aromatic N) is 5. The summed E-state index contributed by atoms with van der Waals surface area (Å²) >= 11 is 0. The quantitative estimate of drug-likeness (QED) is 0.503. The summed E-state index contributed by atoms with van der Waals surface area (Å²) in [5, 5.41) is 16.7. The van der Waals surface area contributed by atoms with Gasteiger partial charge in [-0.25, -0.2) is 4.98 Å². The average Bonchev–Trinajstić information content (AvgIpc) is 3.30. The molecule has 0 spiro atoms. The third kappa shape index (κ3) is 4.34. The minimum atomic E-state index is -0.691. The molecule has 4 aromatic rings. The van der Waals surface area contributed by atoms with E-state index >= 15 is 0 Å². The molecule has 0 atom stereocenters. The third-order valence-corrected chi connectivity index (χ3v) is 5.00. The van der Waals surface area contributed by atoms with Crippen molar-refractivity contribution in [1.29, 1.82) is 5.26 Å². The Morgan fingerprint density at radius 1 is 1.00 bits per heavy atom. The molecule has 0 aliphatic carbocycles. The van der Waals surface area contributed by atoms with Gasteiger partial charge in [0.15, 0.2) is 5.76 Å². The first-order valence-corrected chi connectivity index (χ1v) is 9.91. The van der Waals surface area contributed by atoms with E-state index in [1.54, 1.807) is 18.6 Å². The Morgan fingerprint density at radius 2 is 1.77 bits per heavy atom. The van der Waals surface area contributed by atoms with Gasteiger partial charge in [0.25, 0.3) is 0 Å². The highest BCUT2D eigenvalue weighted by Gasteiger charge is 2.22. The summed E-state index contributed by atoms with van der Waals surface area (Å²) in [5.74, 6) is 0.537. The molecule has 0 aliphatic heterocycles. The van der Waals surface area contributed by atoms with Crippen LogP contribution in [0.25, 0.3) is 34.0 Å². The molecule has 0 fully saturated rings. The van der Waals surface area contributed by atoms with E-state index in [-0.39, 0.29) is 0 Å². The molecule has 1 N–H and O–H groups in total. The number of aromatic nitrogens is 4. The molecule has 0 saturated carbocycles. The van der Waals surface area contributed by atoms with Crippen molar-refractivity contribution < 1.29 is 4.52 Å². The van der Waals surface area contributed by atoms with E-state index in [1.165, 1.54) is 5.56 Å². The predicted octanol–water partition coefficient (Wildman–Crippen LogP) is 4.38. The van der Waals surface area contributed by atoms with Gasteiger partial charge in [-0.1, -0.05) is 29.4 Å². The van der Waals surface area contributed by atoms with Gasteiger partial charge in [-0.2, -0.15) is 5.26 Å². The number of nitriles is 1. The molecule has 1 aromatic carbocycles. The summed E-state index contributed by atoms with van der Waals surface area (Å²) in [5.41, 5.74) is 4.99. The Hall–Kier alpha value is -3.89. The van der Waals surface area contributed by atoms with E-state index < -0.39 is 5.41 Å². The zero-order valence-corrected chi connectivity index (χ0v) is 17.6. The topological polar surface area (TPSA) is 101 Å². The number of rotatable bonds is 6. The van der Waals surface area contributed by atoms with Gasteiger partial charge in [-0.3, -0.25) is 9.97 Å². The van der Waals surface area contributed by atoms with Crippen LogP contribution in [0.1, 0.15) is 25.1 Å². The van der Waals surface area contributed by atoms with E-state index in [9.17, 15) is 5.26 Å². The standard InChI is InChI=1S/C24H22N6O/c1-24(2,15-25)23-10-18(8-9-28-23)20-13-27-14-21(29-20)22-11-19(30-31-22)17-6-4-16(5-7-17)12-26-3/h4-11,13-14,26H,12H2,1-3H3. The zero-order valence-electron chi connectivity index (χ0n) is 17.6. The molecular weight excluding hydrogens is 388 g/mol. The van der Waals surface area contributed by atoms with Crippen molar-refractivity contribution in [2.24, 2.45) is 0 Å². The smallest absolute Gasteiger partial charge is 0.187 e. The third-order valence-electron chi connectivity index (χ3n) is 5.00. The van der Waals surface area contributed by atoms with E-state index in [4.69, 9.17) is 9.51 Å². The van der Waals surface area contributed by atoms with Crippen LogP contribution in [0.15, 0.2) is 65.6 Å². The first kappa shape index (κ1) is 20.4. The Balaban J connectivity index is 1.63. The summed E-state index contributed by atoms with van der Waals surface area (Å²) in [6.07, 6.45) is 5.01. The first-order valence-electron chi connectivity index (χ1n) is 9.91. The molecule has 0 bridgehead atoms. The van der Waals surface area contributed by atoms with Gasteiger partial charge in [0.05, 0.1) is 35.3 Å². The monoisotopic (exact) mass is 410 g/mol. The van der Waals surface area contributed by atoms with Crippen molar-refractivity contribution in [2.45, 2.75) is 25.8 Å². The van der Waals surface area contributed by atoms with Crippen LogP contribution in [-0.2, 0) is 12.0 Å². The number of nitrogens with one attached hydrogen (secondary N) is 1. The Bertz CT molecular complexity index is 1240. The van der Waals surface area contributed by atoms with Crippen LogP contribution >= 0.6 is 0 Å². The predicted molar refractivity (Wildman–Crippen MR) is 118 cm³/mol. The Morgan fingerprint density at radius 3 is 2.52 bits per heavy atom. The lowest BCUT2D eigenvalue weighted by Crippen LogP contribution is -2.15. The van der Waals surface area contributed by atoms with Gasteiger partial charge < -0.3 is 9.84 Å². The summed E-state index contributed by atoms with van der Waals surface area (Å²) in [6.45, 7) is 4.49. The fourth-order valence-corrected chi connectivity index (χ4v) is 3.14. The normalized spacial score (nSPS) is 11.3. The minimum absolute atomic E-state index is 0.537. The first-order chi connectivity index (χ1) is 15.0. The second-order valence-electron chi connectivity index (χ2n) is 7.76. The van der Waals surface area contributed by atoms with Crippen molar-refractivity contribution in [3.63, 3.8) is 0 Å². The van der Waals surface area contributed by atoms with Gasteiger partial charge in [0, 0.05) is 29.9 Å². The second kappa shape index (κ2) is 8.46. The molecule has 0 aliphatic rings. The SMILES string of the molecule is CNCc1ccc(-c2cc(-c3cncc(-c4ccnc(C(C)(C)C#N)c4)n3)on2)cc1. The molecule has 7 nitrogen and oxygen atoms in total. The lowest BCUT2D eigenvalue weighted by molar-refractivity contribution is 0.433. The summed E-state index contributed by atoms with van der Waals surface area (Å²) in [4.78, 5) is 13.4. The van der Waals surface area contributed by atoms with E-state index in [1.807, 2.05) is 51.2 Å². The molecule has 154 valence electrons. The maximum absolute atomic E-state index is 9.40. The highest BCUT2D eigenvalue weighted by molar-refractivity contribution is 5.67. The van der Waals surface area contributed by atoms with E-state index in [0.717, 1.165) is 23.4 Å². The van der Waals surface area contributed by atoms with Gasteiger partial charge in [0.2, 0.25) is 0 Å². The molecule has 4 rings (SSSR count). The number of benzene rings is 1. The molecule has 0 unspecified atom stereocenters. The number of hydrogen-bond acceptors (Lipinski definition) is 7. The fraction of sp³-hybridized carbons (Fsp3) is 0.208. The van der Waals surface area contributed by atoms with Gasteiger partial charge >= 0.3 is 0 Å². The molecule has 3 aromatic heterocycles. The number of pyridine rings is 1. The number of hydrogen-bond donors (Lipinski definition) is 1. The van der Waals surface area contributed by atoms with Crippen molar-refractivity contribution in [3.8, 4) is 40.0 Å². The Kier molecular flexibility index (Phi) is 5.56. The van der Waals surface area contributed by atoms with Gasteiger partial charge in [-0.05, 0) is 38.6 Å². The van der Waals surface area contributed by atoms with Crippen molar-refractivity contribution in [3.05, 3.63) is 72.3 Å². The Labute approximate surface area is 180 Å². The highest BCUT2D eigenvalue weighted by Crippen LogP contribution is 2.28. The maximum Gasteiger partial charge on any atom is 0.187 e. The second-order valence-corrected chi connectivity index (χ2v) is 7.76. The molecule has 0 amide bonds. The molecular formula is C24H22N6O. The summed E-state index contributed by atoms with van der Waals surface area (Å²) in [7, 11) is 1.92. The zero-order chi connectivity index (χ0) is 21.8. The highest BCUT2D eigenvalue weighted by atomic mass is 16.5. The van der Waals surface area contributed by atoms with Crippen LogP contribution in [0.3, 0.4) is 0 Å².